The summed E-state index contributed by atoms with van der Waals surface area (Å²) in [6, 6.07) is 0. The Hall–Kier alpha value is -1.91. The first-order valence-corrected chi connectivity index (χ1v) is 6.51. The van der Waals surface area contributed by atoms with Gasteiger partial charge in [0, 0.05) is 5.56 Å². The first-order valence-electron chi connectivity index (χ1n) is 6.51. The summed E-state index contributed by atoms with van der Waals surface area (Å²) in [7, 11) is 0. The molecule has 19 heavy (non-hydrogen) atoms. The standard InChI is InChI=1S/C14H16N2O3/c1-8-12(9(2)19-15-8)7-16-13(17)10-5-3-4-6-11(10)14(16)18/h3-4,10-11H,5-7H2,1-2H3/t10-,11+. The lowest BCUT2D eigenvalue weighted by atomic mass is 9.85. The second kappa shape index (κ2) is 4.33. The van der Waals surface area contributed by atoms with Gasteiger partial charge in [-0.05, 0) is 26.7 Å². The first kappa shape index (κ1) is 12.1. The number of nitrogens with zero attached hydrogens (tertiary/aromatic N) is 2. The molecule has 1 aromatic rings. The summed E-state index contributed by atoms with van der Waals surface area (Å²) in [5, 5.41) is 3.86. The van der Waals surface area contributed by atoms with Crippen molar-refractivity contribution < 1.29 is 14.1 Å². The third kappa shape index (κ3) is 1.80. The molecule has 1 aliphatic heterocycles. The molecule has 0 N–H and O–H groups in total. The van der Waals surface area contributed by atoms with Crippen LogP contribution in [0.25, 0.3) is 0 Å². The Kier molecular flexibility index (Phi) is 2.77. The Morgan fingerprint density at radius 3 is 2.26 bits per heavy atom. The summed E-state index contributed by atoms with van der Waals surface area (Å²) in [6.07, 6.45) is 5.33. The number of rotatable bonds is 2. The molecular weight excluding hydrogens is 244 g/mol. The minimum absolute atomic E-state index is 0.0562. The molecule has 5 heteroatoms. The van der Waals surface area contributed by atoms with E-state index in [0.29, 0.717) is 18.6 Å². The normalized spacial score (nSPS) is 26.1. The fraction of sp³-hybridized carbons (Fsp3) is 0.500. The number of aryl methyl sites for hydroxylation is 2. The van der Waals surface area contributed by atoms with E-state index in [2.05, 4.69) is 5.16 Å². The van der Waals surface area contributed by atoms with E-state index in [1.807, 2.05) is 19.1 Å². The molecule has 3 rings (SSSR count). The second-order valence-corrected chi connectivity index (χ2v) is 5.22. The number of aromatic nitrogens is 1. The highest BCUT2D eigenvalue weighted by Gasteiger charge is 2.47. The van der Waals surface area contributed by atoms with Crippen molar-refractivity contribution in [1.29, 1.82) is 0 Å². The Labute approximate surface area is 111 Å². The summed E-state index contributed by atoms with van der Waals surface area (Å²) in [5.74, 6) is 0.223. The highest BCUT2D eigenvalue weighted by atomic mass is 16.5. The number of allylic oxidation sites excluding steroid dienone is 2. The maximum Gasteiger partial charge on any atom is 0.233 e. The van der Waals surface area contributed by atoms with Crippen LogP contribution >= 0.6 is 0 Å². The second-order valence-electron chi connectivity index (χ2n) is 5.22. The van der Waals surface area contributed by atoms with Crippen LogP contribution in [0.2, 0.25) is 0 Å². The summed E-state index contributed by atoms with van der Waals surface area (Å²) >= 11 is 0. The molecule has 0 bridgehead atoms. The van der Waals surface area contributed by atoms with Crippen molar-refractivity contribution in [2.45, 2.75) is 33.2 Å². The van der Waals surface area contributed by atoms with E-state index in [0.717, 1.165) is 11.3 Å². The zero-order valence-corrected chi connectivity index (χ0v) is 11.0. The van der Waals surface area contributed by atoms with Crippen LogP contribution in [-0.2, 0) is 16.1 Å². The van der Waals surface area contributed by atoms with Gasteiger partial charge in [0.2, 0.25) is 11.8 Å². The largest absolute Gasteiger partial charge is 0.361 e. The van der Waals surface area contributed by atoms with Crippen molar-refractivity contribution in [2.75, 3.05) is 0 Å². The third-order valence-electron chi connectivity index (χ3n) is 4.10. The van der Waals surface area contributed by atoms with Gasteiger partial charge in [-0.2, -0.15) is 0 Å². The van der Waals surface area contributed by atoms with Crippen LogP contribution in [0.3, 0.4) is 0 Å². The predicted molar refractivity (Wildman–Crippen MR) is 66.9 cm³/mol. The summed E-state index contributed by atoms with van der Waals surface area (Å²) < 4.78 is 5.08. The number of amides is 2. The van der Waals surface area contributed by atoms with E-state index in [-0.39, 0.29) is 30.2 Å². The molecule has 2 heterocycles. The van der Waals surface area contributed by atoms with Gasteiger partial charge < -0.3 is 4.52 Å². The van der Waals surface area contributed by atoms with Gasteiger partial charge in [0.15, 0.2) is 0 Å². The van der Waals surface area contributed by atoms with E-state index in [9.17, 15) is 9.59 Å². The molecule has 2 aliphatic rings. The number of hydrogen-bond donors (Lipinski definition) is 0. The molecule has 2 atom stereocenters. The molecule has 1 fully saturated rings. The molecule has 2 amide bonds. The van der Waals surface area contributed by atoms with Crippen molar-refractivity contribution >= 4 is 11.8 Å². The van der Waals surface area contributed by atoms with E-state index in [4.69, 9.17) is 4.52 Å². The number of carbonyl (C=O) groups excluding carboxylic acids is 2. The van der Waals surface area contributed by atoms with Crippen LogP contribution in [0.5, 0.6) is 0 Å². The number of imide groups is 1. The number of likely N-dealkylation sites (tertiary alicyclic amines) is 1. The van der Waals surface area contributed by atoms with Crippen LogP contribution in [0.1, 0.15) is 29.9 Å². The molecule has 1 saturated heterocycles. The van der Waals surface area contributed by atoms with Gasteiger partial charge in [0.05, 0.1) is 24.1 Å². The van der Waals surface area contributed by atoms with Crippen LogP contribution in [0.15, 0.2) is 16.7 Å². The smallest absolute Gasteiger partial charge is 0.233 e. The monoisotopic (exact) mass is 260 g/mol. The summed E-state index contributed by atoms with van der Waals surface area (Å²) in [5.41, 5.74) is 1.58. The van der Waals surface area contributed by atoms with Crippen molar-refractivity contribution in [2.24, 2.45) is 11.8 Å². The molecule has 0 spiro atoms. The number of fused-ring (bicyclic) bond motifs is 1. The molecule has 0 unspecified atom stereocenters. The SMILES string of the molecule is Cc1noc(C)c1CN1C(=O)[C@H]2CC=CC[C@H]2C1=O. The van der Waals surface area contributed by atoms with E-state index < -0.39 is 0 Å². The Bertz CT molecular complexity index is 528. The lowest BCUT2D eigenvalue weighted by Crippen LogP contribution is -2.30. The highest BCUT2D eigenvalue weighted by Crippen LogP contribution is 2.36. The van der Waals surface area contributed by atoms with Crippen LogP contribution in [0, 0.1) is 25.7 Å². The van der Waals surface area contributed by atoms with Crippen LogP contribution in [0.4, 0.5) is 0 Å². The fourth-order valence-corrected chi connectivity index (χ4v) is 2.91. The van der Waals surface area contributed by atoms with E-state index in [1.165, 1.54) is 4.90 Å². The van der Waals surface area contributed by atoms with Crippen molar-refractivity contribution in [3.8, 4) is 0 Å². The lowest BCUT2D eigenvalue weighted by molar-refractivity contribution is -0.140. The predicted octanol–water partition coefficient (Wildman–Crippen LogP) is 1.74. The minimum atomic E-state index is -0.169. The minimum Gasteiger partial charge on any atom is -0.361 e. The van der Waals surface area contributed by atoms with Crippen LogP contribution in [-0.4, -0.2) is 21.9 Å². The van der Waals surface area contributed by atoms with Gasteiger partial charge in [0.25, 0.3) is 0 Å². The van der Waals surface area contributed by atoms with E-state index in [1.54, 1.807) is 6.92 Å². The van der Waals surface area contributed by atoms with Crippen molar-refractivity contribution in [3.05, 3.63) is 29.2 Å². The van der Waals surface area contributed by atoms with Crippen molar-refractivity contribution in [3.63, 3.8) is 0 Å². The van der Waals surface area contributed by atoms with Gasteiger partial charge in [0.1, 0.15) is 5.76 Å². The lowest BCUT2D eigenvalue weighted by Gasteiger charge is -2.14. The highest BCUT2D eigenvalue weighted by molar-refractivity contribution is 6.05. The molecule has 0 radical (unpaired) electrons. The van der Waals surface area contributed by atoms with Crippen molar-refractivity contribution in [1.82, 2.24) is 10.1 Å². The van der Waals surface area contributed by atoms with Gasteiger partial charge in [-0.1, -0.05) is 17.3 Å². The molecule has 5 nitrogen and oxygen atoms in total. The Balaban J connectivity index is 1.86. The zero-order valence-electron chi connectivity index (χ0n) is 11.0. The molecule has 1 aromatic heterocycles. The molecule has 100 valence electrons. The summed E-state index contributed by atoms with van der Waals surface area (Å²) in [4.78, 5) is 26.0. The van der Waals surface area contributed by atoms with Crippen LogP contribution < -0.4 is 0 Å². The Morgan fingerprint density at radius 1 is 1.21 bits per heavy atom. The quantitative estimate of drug-likeness (QED) is 0.600. The van der Waals surface area contributed by atoms with Gasteiger partial charge >= 0.3 is 0 Å². The molecule has 0 saturated carbocycles. The maximum atomic E-state index is 12.3. The number of carbonyl (C=O) groups is 2. The molecule has 0 aromatic carbocycles. The molecular formula is C14H16N2O3. The van der Waals surface area contributed by atoms with Gasteiger partial charge in [-0.15, -0.1) is 0 Å². The average molecular weight is 260 g/mol. The third-order valence-corrected chi connectivity index (χ3v) is 4.10. The topological polar surface area (TPSA) is 63.4 Å². The van der Waals surface area contributed by atoms with Gasteiger partial charge in [-0.25, -0.2) is 0 Å². The maximum absolute atomic E-state index is 12.3. The fourth-order valence-electron chi connectivity index (χ4n) is 2.91. The summed E-state index contributed by atoms with van der Waals surface area (Å²) in [6.45, 7) is 3.91. The first-order chi connectivity index (χ1) is 9.09. The van der Waals surface area contributed by atoms with E-state index >= 15 is 0 Å². The number of hydrogen-bond acceptors (Lipinski definition) is 4. The van der Waals surface area contributed by atoms with Gasteiger partial charge in [-0.3, -0.25) is 14.5 Å². The Morgan fingerprint density at radius 2 is 1.79 bits per heavy atom. The molecule has 1 aliphatic carbocycles. The average Bonchev–Trinajstić information content (AvgIpc) is 2.85. The zero-order chi connectivity index (χ0) is 13.6.